The van der Waals surface area contributed by atoms with Crippen molar-refractivity contribution < 1.29 is 8.42 Å². The van der Waals surface area contributed by atoms with E-state index in [0.717, 1.165) is 5.56 Å². The van der Waals surface area contributed by atoms with Gasteiger partial charge >= 0.3 is 0 Å². The van der Waals surface area contributed by atoms with Crippen molar-refractivity contribution in [1.29, 1.82) is 0 Å². The van der Waals surface area contributed by atoms with Gasteiger partial charge in [-0.15, -0.1) is 0 Å². The van der Waals surface area contributed by atoms with Crippen LogP contribution in [0.15, 0.2) is 30.3 Å². The smallest absolute Gasteiger partial charge is 0.195 e. The molecule has 1 aromatic carbocycles. The number of nitrogens with one attached hydrogen (secondary N) is 1. The number of hydrogen-bond acceptors (Lipinski definition) is 2. The Morgan fingerprint density at radius 2 is 2.11 bits per heavy atom. The first kappa shape index (κ1) is 13.6. The zero-order chi connectivity index (χ0) is 13.0. The van der Waals surface area contributed by atoms with Gasteiger partial charge in [-0.05, 0) is 16.8 Å². The molecule has 0 saturated carbocycles. The molecule has 1 aliphatic rings. The predicted molar refractivity (Wildman–Crippen MR) is 74.0 cm³/mol. The molecule has 1 saturated heterocycles. The highest BCUT2D eigenvalue weighted by atomic mass is 79.9. The average molecular weight is 329 g/mol. The van der Waals surface area contributed by atoms with Crippen LogP contribution in [0.1, 0.15) is 12.0 Å². The number of benzene rings is 1. The fourth-order valence-corrected chi connectivity index (χ4v) is 3.45. The van der Waals surface area contributed by atoms with E-state index in [9.17, 15) is 8.42 Å². The fourth-order valence-electron chi connectivity index (χ4n) is 1.83. The van der Waals surface area contributed by atoms with Gasteiger partial charge in [-0.25, -0.2) is 0 Å². The van der Waals surface area contributed by atoms with Gasteiger partial charge in [0.15, 0.2) is 0 Å². The van der Waals surface area contributed by atoms with Gasteiger partial charge in [0.25, 0.3) is 10.2 Å². The van der Waals surface area contributed by atoms with Gasteiger partial charge in [0, 0.05) is 29.0 Å². The highest BCUT2D eigenvalue weighted by Gasteiger charge is 2.30. The maximum atomic E-state index is 12.0. The predicted octanol–water partition coefficient (Wildman–Crippen LogP) is 1.45. The summed E-state index contributed by atoms with van der Waals surface area (Å²) in [6.07, 6.45) is 0.685. The molecule has 96 valence electrons. The fraction of sp³-hybridized carbons (Fsp3) is 0.333. The molecular formula is C12H13BrN2O2S. The molecule has 18 heavy (non-hydrogen) atoms. The van der Waals surface area contributed by atoms with Crippen LogP contribution in [-0.2, 0) is 16.8 Å². The van der Waals surface area contributed by atoms with Gasteiger partial charge in [-0.2, -0.15) is 17.4 Å². The highest BCUT2D eigenvalue weighted by Crippen LogP contribution is 2.14. The molecule has 0 spiro atoms. The minimum atomic E-state index is -3.43. The Morgan fingerprint density at radius 3 is 2.72 bits per heavy atom. The molecule has 1 fully saturated rings. The van der Waals surface area contributed by atoms with E-state index in [1.807, 2.05) is 30.3 Å². The van der Waals surface area contributed by atoms with Crippen molar-refractivity contribution in [3.05, 3.63) is 35.9 Å². The summed E-state index contributed by atoms with van der Waals surface area (Å²) in [4.78, 5) is 2.56. The minimum absolute atomic E-state index is 0.304. The average Bonchev–Trinajstić information content (AvgIpc) is 2.34. The van der Waals surface area contributed by atoms with Crippen molar-refractivity contribution >= 4 is 26.1 Å². The lowest BCUT2D eigenvalue weighted by atomic mass is 10.2. The van der Waals surface area contributed by atoms with Gasteiger partial charge in [-0.3, -0.25) is 0 Å². The topological polar surface area (TPSA) is 49.4 Å². The number of rotatable bonds is 2. The van der Waals surface area contributed by atoms with E-state index < -0.39 is 10.2 Å². The lowest BCUT2D eigenvalue weighted by Crippen LogP contribution is -2.51. The monoisotopic (exact) mass is 328 g/mol. The molecule has 4 nitrogen and oxygen atoms in total. The summed E-state index contributed by atoms with van der Waals surface area (Å²) < 4.78 is 28.0. The molecule has 1 atom stereocenters. The van der Waals surface area contributed by atoms with E-state index in [1.165, 1.54) is 4.31 Å². The molecule has 1 N–H and O–H groups in total. The molecule has 0 aromatic heterocycles. The van der Waals surface area contributed by atoms with Crippen molar-refractivity contribution in [2.75, 3.05) is 6.54 Å². The summed E-state index contributed by atoms with van der Waals surface area (Å²) in [7, 11) is -3.43. The van der Waals surface area contributed by atoms with Gasteiger partial charge in [0.2, 0.25) is 0 Å². The van der Waals surface area contributed by atoms with Gasteiger partial charge in [0.1, 0.15) is 0 Å². The Balaban J connectivity index is 2.09. The molecule has 1 aliphatic heterocycles. The van der Waals surface area contributed by atoms with E-state index in [-0.39, 0.29) is 6.04 Å². The summed E-state index contributed by atoms with van der Waals surface area (Å²) >= 11 is 2.98. The van der Waals surface area contributed by atoms with Crippen LogP contribution in [-0.4, -0.2) is 25.3 Å². The van der Waals surface area contributed by atoms with Gasteiger partial charge in [-0.1, -0.05) is 36.3 Å². The highest BCUT2D eigenvalue weighted by molar-refractivity contribution is 9.12. The largest absolute Gasteiger partial charge is 0.280 e. The van der Waals surface area contributed by atoms with E-state index >= 15 is 0 Å². The normalized spacial score (nSPS) is 23.1. The third-order valence-corrected chi connectivity index (χ3v) is 4.53. The summed E-state index contributed by atoms with van der Waals surface area (Å²) in [5.74, 6) is 2.77. The van der Waals surface area contributed by atoms with Crippen LogP contribution in [0.3, 0.4) is 0 Å². The summed E-state index contributed by atoms with van der Waals surface area (Å²) in [5.41, 5.74) is 0.980. The van der Waals surface area contributed by atoms with Crippen molar-refractivity contribution in [3.63, 3.8) is 0 Å². The first-order valence-electron chi connectivity index (χ1n) is 5.54. The Labute approximate surface area is 116 Å². The van der Waals surface area contributed by atoms with Crippen LogP contribution in [0.5, 0.6) is 0 Å². The van der Waals surface area contributed by atoms with Crippen molar-refractivity contribution in [2.24, 2.45) is 0 Å². The summed E-state index contributed by atoms with van der Waals surface area (Å²) in [6, 6.07) is 9.24. The van der Waals surface area contributed by atoms with Crippen LogP contribution >= 0.6 is 15.9 Å². The standard InChI is InChI=1S/C12H13BrN2O2S/c13-8-6-12-7-9-15(18(16,17)14-12)10-11-4-2-1-3-5-11/h1-5,12,14H,7,9-10H2/t12-/m1/s1. The molecule has 0 aliphatic carbocycles. The number of nitrogens with zero attached hydrogens (tertiary/aromatic N) is 1. The Bertz CT molecular complexity index is 563. The summed E-state index contributed by atoms with van der Waals surface area (Å²) in [6.45, 7) is 0.876. The number of halogens is 1. The van der Waals surface area contributed by atoms with Crippen molar-refractivity contribution in [2.45, 2.75) is 19.0 Å². The van der Waals surface area contributed by atoms with Crippen molar-refractivity contribution in [1.82, 2.24) is 9.03 Å². The molecule has 6 heteroatoms. The van der Waals surface area contributed by atoms with Crippen LogP contribution in [0, 0.1) is 10.8 Å². The van der Waals surface area contributed by atoms with Crippen LogP contribution in [0.25, 0.3) is 0 Å². The zero-order valence-corrected chi connectivity index (χ0v) is 12.0. The molecule has 0 unspecified atom stereocenters. The second-order valence-corrected chi connectivity index (χ2v) is 6.12. The maximum Gasteiger partial charge on any atom is 0.280 e. The second-order valence-electron chi connectivity index (χ2n) is 4.02. The third-order valence-electron chi connectivity index (χ3n) is 2.73. The van der Waals surface area contributed by atoms with Gasteiger partial charge < -0.3 is 0 Å². The quantitative estimate of drug-likeness (QED) is 0.835. The van der Waals surface area contributed by atoms with E-state index in [0.29, 0.717) is 19.5 Å². The van der Waals surface area contributed by atoms with Gasteiger partial charge in [0.05, 0.1) is 6.04 Å². The second kappa shape index (κ2) is 5.85. The molecule has 0 radical (unpaired) electrons. The van der Waals surface area contributed by atoms with E-state index in [4.69, 9.17) is 0 Å². The van der Waals surface area contributed by atoms with Crippen LogP contribution < -0.4 is 4.72 Å². The Hall–Kier alpha value is -0.870. The minimum Gasteiger partial charge on any atom is -0.195 e. The van der Waals surface area contributed by atoms with Crippen LogP contribution in [0.2, 0.25) is 0 Å². The SMILES string of the molecule is O=S1(=O)N[C@H](C#CBr)CCN1Cc1ccccc1. The first-order valence-corrected chi connectivity index (χ1v) is 7.77. The van der Waals surface area contributed by atoms with Crippen molar-refractivity contribution in [3.8, 4) is 10.8 Å². The first-order chi connectivity index (χ1) is 8.62. The molecule has 2 rings (SSSR count). The van der Waals surface area contributed by atoms with E-state index in [2.05, 4.69) is 31.4 Å². The lowest BCUT2D eigenvalue weighted by molar-refractivity contribution is 0.354. The zero-order valence-electron chi connectivity index (χ0n) is 9.64. The molecular weight excluding hydrogens is 316 g/mol. The maximum absolute atomic E-state index is 12.0. The molecule has 0 amide bonds. The molecule has 1 heterocycles. The Morgan fingerprint density at radius 1 is 1.39 bits per heavy atom. The molecule has 0 bridgehead atoms. The van der Waals surface area contributed by atoms with Crippen LogP contribution in [0.4, 0.5) is 0 Å². The van der Waals surface area contributed by atoms with E-state index in [1.54, 1.807) is 0 Å². The lowest BCUT2D eigenvalue weighted by Gasteiger charge is -2.30. The Kier molecular flexibility index (Phi) is 4.40. The summed E-state index contributed by atoms with van der Waals surface area (Å²) in [5, 5.41) is 0. The molecule has 1 aromatic rings. The number of hydrogen-bond donors (Lipinski definition) is 1. The third kappa shape index (κ3) is 3.33.